The number of halogens is 5. The molecule has 0 saturated carbocycles. The van der Waals surface area contributed by atoms with Crippen LogP contribution in [0.1, 0.15) is 75.6 Å². The van der Waals surface area contributed by atoms with Gasteiger partial charge in [-0.1, -0.05) is 58.0 Å². The molecular weight excluding hydrogens is 549 g/mol. The highest BCUT2D eigenvalue weighted by Crippen LogP contribution is 2.34. The molecule has 3 rings (SSSR count). The van der Waals surface area contributed by atoms with Gasteiger partial charge >= 0.3 is 12.1 Å². The van der Waals surface area contributed by atoms with E-state index in [4.69, 9.17) is 4.74 Å². The van der Waals surface area contributed by atoms with Crippen molar-refractivity contribution >= 4 is 5.97 Å². The Labute approximate surface area is 245 Å². The third-order valence-corrected chi connectivity index (χ3v) is 7.06. The van der Waals surface area contributed by atoms with E-state index in [1.165, 1.54) is 18.2 Å². The molecule has 0 radical (unpaired) electrons. The lowest BCUT2D eigenvalue weighted by atomic mass is 9.87. The summed E-state index contributed by atoms with van der Waals surface area (Å²) in [4.78, 5) is 15.2. The lowest BCUT2D eigenvalue weighted by molar-refractivity contribution is -0.145. The molecule has 0 spiro atoms. The van der Waals surface area contributed by atoms with E-state index >= 15 is 0 Å². The van der Waals surface area contributed by atoms with Crippen LogP contribution in [0.2, 0.25) is 0 Å². The van der Waals surface area contributed by atoms with E-state index in [0.29, 0.717) is 48.7 Å². The van der Waals surface area contributed by atoms with Gasteiger partial charge in [0.2, 0.25) is 0 Å². The molecule has 0 unspecified atom stereocenters. The van der Waals surface area contributed by atoms with E-state index in [2.05, 4.69) is 18.7 Å². The summed E-state index contributed by atoms with van der Waals surface area (Å²) >= 11 is 0. The van der Waals surface area contributed by atoms with Crippen LogP contribution in [0.15, 0.2) is 60.7 Å². The molecule has 1 atom stereocenters. The molecule has 0 saturated heterocycles. The minimum atomic E-state index is -4.45. The van der Waals surface area contributed by atoms with Crippen molar-refractivity contribution in [2.24, 2.45) is 11.8 Å². The smallest absolute Gasteiger partial charge is 0.416 e. The van der Waals surface area contributed by atoms with Crippen LogP contribution in [0.25, 0.3) is 11.1 Å². The highest BCUT2D eigenvalue weighted by atomic mass is 19.4. The van der Waals surface area contributed by atoms with E-state index in [9.17, 15) is 26.7 Å². The van der Waals surface area contributed by atoms with Crippen LogP contribution in [-0.4, -0.2) is 24.0 Å². The molecule has 0 heterocycles. The zero-order valence-corrected chi connectivity index (χ0v) is 24.9. The van der Waals surface area contributed by atoms with Crippen LogP contribution < -0.4 is 0 Å². The van der Waals surface area contributed by atoms with Crippen molar-refractivity contribution < 1.29 is 31.5 Å². The lowest BCUT2D eigenvalue weighted by Crippen LogP contribution is -2.25. The van der Waals surface area contributed by atoms with Crippen molar-refractivity contribution in [1.82, 2.24) is 4.90 Å². The fourth-order valence-corrected chi connectivity index (χ4v) is 4.92. The summed E-state index contributed by atoms with van der Waals surface area (Å²) in [5, 5.41) is 0. The molecule has 0 aliphatic carbocycles. The fourth-order valence-electron chi connectivity index (χ4n) is 4.92. The van der Waals surface area contributed by atoms with Crippen molar-refractivity contribution in [2.75, 3.05) is 13.2 Å². The predicted octanol–water partition coefficient (Wildman–Crippen LogP) is 9.39. The van der Waals surface area contributed by atoms with Gasteiger partial charge in [-0.2, -0.15) is 13.2 Å². The highest BCUT2D eigenvalue weighted by molar-refractivity contribution is 5.79. The summed E-state index contributed by atoms with van der Waals surface area (Å²) < 4.78 is 72.7. The first kappa shape index (κ1) is 33.2. The number of ether oxygens (including phenoxy) is 1. The number of alkyl halides is 3. The van der Waals surface area contributed by atoms with Gasteiger partial charge in [-0.15, -0.1) is 0 Å². The summed E-state index contributed by atoms with van der Waals surface area (Å²) in [5.41, 5.74) is 2.75. The molecule has 0 aromatic heterocycles. The number of carbonyl (C=O) groups excluding carboxylic acids is 1. The molecule has 0 fully saturated rings. The quantitative estimate of drug-likeness (QED) is 0.147. The summed E-state index contributed by atoms with van der Waals surface area (Å²) in [6, 6.07) is 14.6. The molecule has 0 N–H and O–H groups in total. The Morgan fingerprint density at radius 1 is 0.810 bits per heavy atom. The zero-order chi connectivity index (χ0) is 31.0. The minimum absolute atomic E-state index is 0.188. The first-order chi connectivity index (χ1) is 19.8. The average Bonchev–Trinajstić information content (AvgIpc) is 2.92. The number of rotatable bonds is 13. The lowest BCUT2D eigenvalue weighted by Gasteiger charge is -2.25. The zero-order valence-electron chi connectivity index (χ0n) is 24.9. The van der Waals surface area contributed by atoms with E-state index < -0.39 is 29.3 Å². The summed E-state index contributed by atoms with van der Waals surface area (Å²) in [6.45, 7) is 11.7. The maximum Gasteiger partial charge on any atom is 0.416 e. The van der Waals surface area contributed by atoms with Gasteiger partial charge in [0.15, 0.2) is 11.6 Å². The Hall–Kier alpha value is -3.26. The van der Waals surface area contributed by atoms with Crippen molar-refractivity contribution in [3.8, 4) is 11.1 Å². The molecule has 42 heavy (non-hydrogen) atoms. The average molecular weight is 590 g/mol. The van der Waals surface area contributed by atoms with Crippen molar-refractivity contribution in [2.45, 2.75) is 72.6 Å². The van der Waals surface area contributed by atoms with Gasteiger partial charge in [0.1, 0.15) is 0 Å². The van der Waals surface area contributed by atoms with Crippen molar-refractivity contribution in [3.63, 3.8) is 0 Å². The molecule has 3 aromatic rings. The van der Waals surface area contributed by atoms with Gasteiger partial charge in [0.25, 0.3) is 0 Å². The molecule has 0 amide bonds. The van der Waals surface area contributed by atoms with Crippen LogP contribution in [0.5, 0.6) is 0 Å². The Balaban J connectivity index is 2.07. The molecule has 0 bridgehead atoms. The number of hydrogen-bond acceptors (Lipinski definition) is 3. The third kappa shape index (κ3) is 9.65. The van der Waals surface area contributed by atoms with Gasteiger partial charge in [0.05, 0.1) is 18.1 Å². The minimum Gasteiger partial charge on any atom is -0.466 e. The standard InChI is InChI=1S/C34H40F5NO2/c1-6-42-33(41)30(15-23(4)5)28-17-25(16-27(19-28)26-8-10-29(11-9-26)34(37,38)39)21-40(14-13-22(2)3)20-24-7-12-31(35)32(36)18-24/h7-12,16-19,22-23,30H,6,13-15,20-21H2,1-5H3/t30-/m1/s1. The monoisotopic (exact) mass is 589 g/mol. The van der Waals surface area contributed by atoms with Crippen molar-refractivity contribution in [1.29, 1.82) is 0 Å². The SMILES string of the molecule is CCOC(=O)[C@H](CC(C)C)c1cc(CN(CCC(C)C)Cc2ccc(F)c(F)c2)cc(-c2ccc(C(F)(F)F)cc2)c1. The number of hydrogen-bond donors (Lipinski definition) is 0. The van der Waals surface area contributed by atoms with Crippen LogP contribution >= 0.6 is 0 Å². The predicted molar refractivity (Wildman–Crippen MR) is 156 cm³/mol. The number of esters is 1. The normalized spacial score (nSPS) is 12.8. The molecule has 3 nitrogen and oxygen atoms in total. The van der Waals surface area contributed by atoms with Gasteiger partial charge in [-0.05, 0) is 96.3 Å². The maximum absolute atomic E-state index is 14.0. The number of benzene rings is 3. The Morgan fingerprint density at radius 3 is 2.05 bits per heavy atom. The maximum atomic E-state index is 14.0. The van der Waals surface area contributed by atoms with Crippen LogP contribution in [0.3, 0.4) is 0 Å². The topological polar surface area (TPSA) is 29.5 Å². The number of nitrogens with zero attached hydrogens (tertiary/aromatic N) is 1. The molecular formula is C34H40F5NO2. The molecule has 0 aliphatic rings. The van der Waals surface area contributed by atoms with E-state index in [1.807, 2.05) is 32.0 Å². The van der Waals surface area contributed by atoms with E-state index in [0.717, 1.165) is 35.7 Å². The molecule has 228 valence electrons. The van der Waals surface area contributed by atoms with Gasteiger partial charge in [0, 0.05) is 13.1 Å². The summed E-state index contributed by atoms with van der Waals surface area (Å²) in [7, 11) is 0. The van der Waals surface area contributed by atoms with E-state index in [-0.39, 0.29) is 18.5 Å². The third-order valence-electron chi connectivity index (χ3n) is 7.06. The highest BCUT2D eigenvalue weighted by Gasteiger charge is 2.30. The largest absolute Gasteiger partial charge is 0.466 e. The Morgan fingerprint density at radius 2 is 1.48 bits per heavy atom. The second kappa shape index (κ2) is 14.8. The second-order valence-corrected chi connectivity index (χ2v) is 11.6. The number of carbonyl (C=O) groups is 1. The van der Waals surface area contributed by atoms with Gasteiger partial charge in [-0.25, -0.2) is 8.78 Å². The molecule has 0 aliphatic heterocycles. The van der Waals surface area contributed by atoms with Crippen molar-refractivity contribution in [3.05, 3.63) is 94.6 Å². The fraction of sp³-hybridized carbons (Fsp3) is 0.441. The molecule has 3 aromatic carbocycles. The van der Waals surface area contributed by atoms with Gasteiger partial charge in [-0.3, -0.25) is 9.69 Å². The Kier molecular flexibility index (Phi) is 11.7. The first-order valence-corrected chi connectivity index (χ1v) is 14.4. The second-order valence-electron chi connectivity index (χ2n) is 11.6. The summed E-state index contributed by atoms with van der Waals surface area (Å²) in [5.74, 6) is -2.11. The summed E-state index contributed by atoms with van der Waals surface area (Å²) in [6.07, 6.45) is -3.04. The van der Waals surface area contributed by atoms with Gasteiger partial charge < -0.3 is 4.74 Å². The van der Waals surface area contributed by atoms with Crippen LogP contribution in [0.4, 0.5) is 22.0 Å². The molecule has 8 heteroatoms. The van der Waals surface area contributed by atoms with Crippen LogP contribution in [-0.2, 0) is 28.8 Å². The van der Waals surface area contributed by atoms with Crippen LogP contribution in [0, 0.1) is 23.5 Å². The van der Waals surface area contributed by atoms with E-state index in [1.54, 1.807) is 13.0 Å². The first-order valence-electron chi connectivity index (χ1n) is 14.4. The Bertz CT molecular complexity index is 1320.